The van der Waals surface area contributed by atoms with Crippen LogP contribution in [0.1, 0.15) is 41.5 Å². The summed E-state index contributed by atoms with van der Waals surface area (Å²) >= 11 is 3.46. The molecule has 0 aliphatic rings. The third kappa shape index (κ3) is 6.95. The van der Waals surface area contributed by atoms with Crippen LogP contribution in [0, 0.1) is 0 Å². The number of rotatable bonds is 6. The molecule has 0 aromatic carbocycles. The highest BCUT2D eigenvalue weighted by Crippen LogP contribution is 2.23. The zero-order chi connectivity index (χ0) is 11.4. The number of halogens is 1. The Morgan fingerprint density at radius 1 is 0.714 bits per heavy atom. The van der Waals surface area contributed by atoms with Crippen LogP contribution in [-0.4, -0.2) is 25.7 Å². The Morgan fingerprint density at radius 3 is 1.07 bits per heavy atom. The monoisotopic (exact) mass is 284 g/mol. The van der Waals surface area contributed by atoms with Crippen molar-refractivity contribution in [2.24, 2.45) is 0 Å². The fraction of sp³-hybridized carbons (Fsp3) is 1.00. The summed E-state index contributed by atoms with van der Waals surface area (Å²) in [5.74, 6) is 0. The zero-order valence-corrected chi connectivity index (χ0v) is 12.4. The topological polar surface area (TPSA) is 27.7 Å². The summed E-state index contributed by atoms with van der Waals surface area (Å²) < 4.78 is 17.0. The Labute approximate surface area is 96.1 Å². The summed E-state index contributed by atoms with van der Waals surface area (Å²) in [7, 11) is -2.63. The fourth-order valence-corrected chi connectivity index (χ4v) is 6.15. The van der Waals surface area contributed by atoms with Crippen molar-refractivity contribution in [3.8, 4) is 0 Å². The van der Waals surface area contributed by atoms with Gasteiger partial charge in [0.1, 0.15) is 0 Å². The predicted octanol–water partition coefficient (Wildman–Crippen LogP) is 3.09. The van der Waals surface area contributed by atoms with Crippen LogP contribution < -0.4 is 0 Å². The van der Waals surface area contributed by atoms with Crippen LogP contribution in [0.2, 0.25) is 0 Å². The van der Waals surface area contributed by atoms with Gasteiger partial charge in [-0.3, -0.25) is 0 Å². The van der Waals surface area contributed by atoms with Gasteiger partial charge in [-0.1, -0.05) is 0 Å². The Kier molecular flexibility index (Phi) is 6.48. The molecule has 0 radical (unpaired) electrons. The normalized spacial score (nSPS) is 13.3. The van der Waals surface area contributed by atoms with Gasteiger partial charge in [-0.2, -0.15) is 0 Å². The van der Waals surface area contributed by atoms with E-state index in [2.05, 4.69) is 15.3 Å². The molecule has 3 nitrogen and oxygen atoms in total. The maximum absolute atomic E-state index is 5.67. The molecule has 14 heavy (non-hydrogen) atoms. The van der Waals surface area contributed by atoms with Gasteiger partial charge in [0, 0.05) is 18.3 Å². The largest absolute Gasteiger partial charge is 0.581 e. The van der Waals surface area contributed by atoms with Crippen LogP contribution in [0.3, 0.4) is 0 Å². The summed E-state index contributed by atoms with van der Waals surface area (Å²) in [5, 5.41) is 0. The second-order valence-electron chi connectivity index (χ2n) is 3.98. The average Bonchev–Trinajstić information content (AvgIpc) is 1.76. The Balaban J connectivity index is 4.32. The van der Waals surface area contributed by atoms with E-state index in [4.69, 9.17) is 13.3 Å². The minimum Gasteiger partial charge on any atom is -0.363 e. The fourth-order valence-electron chi connectivity index (χ4n) is 0.928. The molecule has 5 heteroatoms. The first-order valence-electron chi connectivity index (χ1n) is 4.97. The van der Waals surface area contributed by atoms with Crippen molar-refractivity contribution in [2.75, 3.05) is 0 Å². The molecule has 0 N–H and O–H groups in total. The summed E-state index contributed by atoms with van der Waals surface area (Å²) in [5.41, 5.74) is 0. The molecule has 0 amide bonds. The molecule has 0 unspecified atom stereocenters. The smallest absolute Gasteiger partial charge is 0.363 e. The second-order valence-corrected chi connectivity index (χ2v) is 8.56. The van der Waals surface area contributed by atoms with E-state index in [1.165, 1.54) is 0 Å². The number of hydrogen-bond donors (Lipinski definition) is 0. The van der Waals surface area contributed by atoms with Crippen molar-refractivity contribution < 1.29 is 13.3 Å². The van der Waals surface area contributed by atoms with E-state index in [-0.39, 0.29) is 18.3 Å². The van der Waals surface area contributed by atoms with Crippen molar-refractivity contribution in [3.63, 3.8) is 0 Å². The van der Waals surface area contributed by atoms with Crippen LogP contribution in [0.5, 0.6) is 0 Å². The van der Waals surface area contributed by atoms with Crippen LogP contribution in [-0.2, 0) is 13.3 Å². The maximum atomic E-state index is 5.67. The van der Waals surface area contributed by atoms with Crippen LogP contribution in [0.25, 0.3) is 0 Å². The summed E-state index contributed by atoms with van der Waals surface area (Å²) in [4.78, 5) is 0. The third-order valence-corrected chi connectivity index (χ3v) is 5.07. The maximum Gasteiger partial charge on any atom is 0.581 e. The molecule has 0 rings (SSSR count). The molecule has 0 saturated heterocycles. The van der Waals surface area contributed by atoms with Crippen LogP contribution in [0.4, 0.5) is 0 Å². The van der Waals surface area contributed by atoms with Gasteiger partial charge in [-0.15, -0.1) is 0 Å². The van der Waals surface area contributed by atoms with E-state index in [1.807, 2.05) is 41.5 Å². The van der Waals surface area contributed by atoms with E-state index in [1.54, 1.807) is 0 Å². The first-order chi connectivity index (χ1) is 6.25. The van der Waals surface area contributed by atoms with Gasteiger partial charge in [-0.25, -0.2) is 0 Å². The highest BCUT2D eigenvalue weighted by molar-refractivity contribution is 9.25. The van der Waals surface area contributed by atoms with Gasteiger partial charge in [0.05, 0.1) is 0 Å². The lowest BCUT2D eigenvalue weighted by atomic mass is 10.5. The van der Waals surface area contributed by atoms with Gasteiger partial charge < -0.3 is 13.3 Å². The van der Waals surface area contributed by atoms with Crippen molar-refractivity contribution in [1.82, 2.24) is 0 Å². The van der Waals surface area contributed by atoms with Gasteiger partial charge in [0.2, 0.25) is 0 Å². The molecule has 0 spiro atoms. The Hall–Kier alpha value is 0.577. The molecule has 0 aliphatic carbocycles. The lowest BCUT2D eigenvalue weighted by molar-refractivity contribution is 0.0264. The standard InChI is InChI=1S/C9H21BrO3Si/c1-7(2)11-14(10,12-8(3)4)13-9(5)6/h7-9H,1-6H3. The van der Waals surface area contributed by atoms with Crippen molar-refractivity contribution in [3.05, 3.63) is 0 Å². The van der Waals surface area contributed by atoms with E-state index in [9.17, 15) is 0 Å². The second kappa shape index (κ2) is 6.22. The lowest BCUT2D eigenvalue weighted by Gasteiger charge is -2.29. The minimum atomic E-state index is -2.63. The molecule has 0 bridgehead atoms. The molecule has 0 heterocycles. The van der Waals surface area contributed by atoms with E-state index >= 15 is 0 Å². The first-order valence-corrected chi connectivity index (χ1v) is 8.95. The van der Waals surface area contributed by atoms with Gasteiger partial charge >= 0.3 is 7.42 Å². The van der Waals surface area contributed by atoms with E-state index < -0.39 is 7.42 Å². The highest BCUT2D eigenvalue weighted by atomic mass is 79.9. The highest BCUT2D eigenvalue weighted by Gasteiger charge is 2.41. The molecule has 0 aromatic rings. The van der Waals surface area contributed by atoms with Crippen molar-refractivity contribution in [1.29, 1.82) is 0 Å². The SMILES string of the molecule is CC(C)O[Si](Br)(OC(C)C)OC(C)C. The quantitative estimate of drug-likeness (QED) is 0.554. The molecule has 86 valence electrons. The number of hydrogen-bond acceptors (Lipinski definition) is 3. The zero-order valence-electron chi connectivity index (χ0n) is 9.83. The Bertz CT molecular complexity index is 136. The summed E-state index contributed by atoms with van der Waals surface area (Å²) in [6.07, 6.45) is 0.288. The predicted molar refractivity (Wildman–Crippen MR) is 63.3 cm³/mol. The first kappa shape index (κ1) is 14.6. The van der Waals surface area contributed by atoms with Gasteiger partial charge in [0.25, 0.3) is 0 Å². The van der Waals surface area contributed by atoms with Gasteiger partial charge in [-0.05, 0) is 56.8 Å². The Morgan fingerprint density at radius 2 is 0.929 bits per heavy atom. The van der Waals surface area contributed by atoms with Crippen LogP contribution in [0.15, 0.2) is 0 Å². The van der Waals surface area contributed by atoms with Crippen molar-refractivity contribution in [2.45, 2.75) is 59.9 Å². The third-order valence-electron chi connectivity index (χ3n) is 1.13. The molecule has 0 atom stereocenters. The molecular weight excluding hydrogens is 264 g/mol. The molecular formula is C9H21BrO3Si. The van der Waals surface area contributed by atoms with Crippen LogP contribution >= 0.6 is 15.3 Å². The van der Waals surface area contributed by atoms with E-state index in [0.29, 0.717) is 0 Å². The summed E-state index contributed by atoms with van der Waals surface area (Å²) in [6, 6.07) is 0. The average molecular weight is 285 g/mol. The molecule has 0 aliphatic heterocycles. The molecule has 0 saturated carbocycles. The molecule has 0 aromatic heterocycles. The minimum absolute atomic E-state index is 0.0959. The summed E-state index contributed by atoms with van der Waals surface area (Å²) in [6.45, 7) is 11.8. The van der Waals surface area contributed by atoms with E-state index in [0.717, 1.165) is 0 Å². The van der Waals surface area contributed by atoms with Crippen molar-refractivity contribution >= 4 is 22.7 Å². The lowest BCUT2D eigenvalue weighted by Crippen LogP contribution is -2.45. The molecule has 0 fully saturated rings. The van der Waals surface area contributed by atoms with Gasteiger partial charge in [0.15, 0.2) is 0 Å².